The zero-order valence-corrected chi connectivity index (χ0v) is 14.4. The van der Waals surface area contributed by atoms with Crippen LogP contribution in [0, 0.1) is 0 Å². The monoisotopic (exact) mass is 351 g/mol. The number of carbonyl (C=O) groups is 2. The van der Waals surface area contributed by atoms with Gasteiger partial charge < -0.3 is 15.0 Å². The van der Waals surface area contributed by atoms with Crippen LogP contribution in [0.1, 0.15) is 31.2 Å². The number of halogens is 1. The summed E-state index contributed by atoms with van der Waals surface area (Å²) in [7, 11) is 2.15. The van der Waals surface area contributed by atoms with Gasteiger partial charge in [0.15, 0.2) is 0 Å². The lowest BCUT2D eigenvalue weighted by Gasteiger charge is -2.36. The second-order valence-electron chi connectivity index (χ2n) is 6.70. The Morgan fingerprint density at radius 3 is 2.58 bits per heavy atom. The number of piperidine rings is 1. The molecule has 4 rings (SSSR count). The predicted molar refractivity (Wildman–Crippen MR) is 92.3 cm³/mol. The smallest absolute Gasteiger partial charge is 0.418 e. The zero-order chi connectivity index (χ0) is 16.0. The number of fused-ring (bicyclic) bond motifs is 3. The molecule has 1 aromatic rings. The molecule has 1 N–H and O–H groups in total. The molecule has 2 fully saturated rings. The fourth-order valence-corrected chi connectivity index (χ4v) is 4.02. The first kappa shape index (κ1) is 17.0. The van der Waals surface area contributed by atoms with E-state index in [4.69, 9.17) is 4.74 Å². The lowest BCUT2D eigenvalue weighted by molar-refractivity contribution is 0.0153. The molecule has 0 aromatic heterocycles. The summed E-state index contributed by atoms with van der Waals surface area (Å²) in [6.07, 6.45) is 3.46. The molecular formula is C17H22ClN3O3. The summed E-state index contributed by atoms with van der Waals surface area (Å²) in [5, 5.41) is 2.74. The lowest BCUT2D eigenvalue weighted by atomic mass is 10.0. The largest absolute Gasteiger partial charge is 0.446 e. The Morgan fingerprint density at radius 1 is 1.21 bits per heavy atom. The van der Waals surface area contributed by atoms with Gasteiger partial charge in [-0.1, -0.05) is 18.2 Å². The van der Waals surface area contributed by atoms with Crippen LogP contribution < -0.4 is 5.32 Å². The fraction of sp³-hybridized carbons (Fsp3) is 0.529. The van der Waals surface area contributed by atoms with Crippen LogP contribution in [0.5, 0.6) is 0 Å². The van der Waals surface area contributed by atoms with Gasteiger partial charge >= 0.3 is 12.1 Å². The van der Waals surface area contributed by atoms with Crippen molar-refractivity contribution in [2.45, 2.75) is 50.4 Å². The number of carbonyl (C=O) groups excluding carboxylic acids is 2. The minimum Gasteiger partial charge on any atom is -0.446 e. The van der Waals surface area contributed by atoms with Crippen LogP contribution >= 0.6 is 12.4 Å². The molecule has 7 heteroatoms. The van der Waals surface area contributed by atoms with Crippen LogP contribution in [0.2, 0.25) is 0 Å². The number of urea groups is 1. The van der Waals surface area contributed by atoms with Crippen molar-refractivity contribution in [3.63, 3.8) is 0 Å². The highest BCUT2D eigenvalue weighted by atomic mass is 35.5. The second-order valence-corrected chi connectivity index (χ2v) is 6.70. The van der Waals surface area contributed by atoms with E-state index in [-0.39, 0.29) is 25.1 Å². The lowest BCUT2D eigenvalue weighted by Crippen LogP contribution is -2.47. The molecule has 2 unspecified atom stereocenters. The first-order chi connectivity index (χ1) is 11.1. The van der Waals surface area contributed by atoms with Gasteiger partial charge in [0, 0.05) is 30.6 Å². The van der Waals surface area contributed by atoms with Gasteiger partial charge in [0.05, 0.1) is 6.54 Å². The normalized spacial score (nSPS) is 28.6. The number of hydrogen-bond acceptors (Lipinski definition) is 4. The summed E-state index contributed by atoms with van der Waals surface area (Å²) >= 11 is 0. The molecular weight excluding hydrogens is 330 g/mol. The number of benzene rings is 1. The second kappa shape index (κ2) is 6.61. The number of nitrogens with one attached hydrogen (secondary N) is 1. The first-order valence-electron chi connectivity index (χ1n) is 8.21. The SMILES string of the molecule is CN1C2CCC1CC(OC(=O)N1Cc3ccccc3NC1=O)C2.Cl. The van der Waals surface area contributed by atoms with E-state index in [1.54, 1.807) is 0 Å². The van der Waals surface area contributed by atoms with Crippen LogP contribution in [-0.2, 0) is 11.3 Å². The van der Waals surface area contributed by atoms with E-state index in [9.17, 15) is 9.59 Å². The molecule has 3 heterocycles. The van der Waals surface area contributed by atoms with Crippen molar-refractivity contribution < 1.29 is 14.3 Å². The highest BCUT2D eigenvalue weighted by Crippen LogP contribution is 2.36. The van der Waals surface area contributed by atoms with Crippen molar-refractivity contribution in [3.05, 3.63) is 29.8 Å². The van der Waals surface area contributed by atoms with Gasteiger partial charge in [-0.05, 0) is 31.5 Å². The molecule has 0 radical (unpaired) electrons. The van der Waals surface area contributed by atoms with Crippen LogP contribution in [0.25, 0.3) is 0 Å². The Balaban J connectivity index is 0.00000169. The zero-order valence-electron chi connectivity index (χ0n) is 13.6. The first-order valence-corrected chi connectivity index (χ1v) is 8.21. The highest BCUT2D eigenvalue weighted by Gasteiger charge is 2.41. The highest BCUT2D eigenvalue weighted by molar-refractivity contribution is 6.01. The Kier molecular flexibility index (Phi) is 4.69. The van der Waals surface area contributed by atoms with E-state index >= 15 is 0 Å². The van der Waals surface area contributed by atoms with Gasteiger partial charge in [0.2, 0.25) is 0 Å². The van der Waals surface area contributed by atoms with E-state index < -0.39 is 12.1 Å². The van der Waals surface area contributed by atoms with Gasteiger partial charge in [-0.2, -0.15) is 0 Å². The summed E-state index contributed by atoms with van der Waals surface area (Å²) in [5.41, 5.74) is 1.69. The molecule has 2 atom stereocenters. The molecule has 0 aliphatic carbocycles. The van der Waals surface area contributed by atoms with E-state index in [2.05, 4.69) is 17.3 Å². The van der Waals surface area contributed by atoms with Crippen molar-refractivity contribution in [1.29, 1.82) is 0 Å². The van der Waals surface area contributed by atoms with Gasteiger partial charge in [0.1, 0.15) is 6.10 Å². The summed E-state index contributed by atoms with van der Waals surface area (Å²) in [4.78, 5) is 28.1. The van der Waals surface area contributed by atoms with Crippen LogP contribution in [0.3, 0.4) is 0 Å². The van der Waals surface area contributed by atoms with Crippen molar-refractivity contribution in [1.82, 2.24) is 9.80 Å². The molecule has 3 aliphatic rings. The third kappa shape index (κ3) is 2.96. The van der Waals surface area contributed by atoms with Crippen LogP contribution in [0.4, 0.5) is 15.3 Å². The van der Waals surface area contributed by atoms with Gasteiger partial charge in [-0.15, -0.1) is 12.4 Å². The van der Waals surface area contributed by atoms with E-state index in [0.29, 0.717) is 12.1 Å². The van der Waals surface area contributed by atoms with E-state index in [0.717, 1.165) is 29.0 Å². The molecule has 0 saturated carbocycles. The number of para-hydroxylation sites is 1. The van der Waals surface area contributed by atoms with E-state index in [1.165, 1.54) is 12.8 Å². The number of hydrogen-bond donors (Lipinski definition) is 1. The molecule has 130 valence electrons. The van der Waals surface area contributed by atoms with E-state index in [1.807, 2.05) is 24.3 Å². The van der Waals surface area contributed by atoms with Gasteiger partial charge in [-0.3, -0.25) is 0 Å². The van der Waals surface area contributed by atoms with Crippen molar-refractivity contribution >= 4 is 30.2 Å². The molecule has 1 aromatic carbocycles. The summed E-state index contributed by atoms with van der Waals surface area (Å²) in [5.74, 6) is 0. The number of rotatable bonds is 1. The predicted octanol–water partition coefficient (Wildman–Crippen LogP) is 3.22. The Labute approximate surface area is 147 Å². The minimum absolute atomic E-state index is 0. The molecule has 24 heavy (non-hydrogen) atoms. The molecule has 2 bridgehead atoms. The molecule has 3 amide bonds. The number of ether oxygens (including phenoxy) is 1. The maximum atomic E-state index is 12.4. The van der Waals surface area contributed by atoms with Crippen LogP contribution in [0.15, 0.2) is 24.3 Å². The Hall–Kier alpha value is -1.79. The topological polar surface area (TPSA) is 61.9 Å². The Morgan fingerprint density at radius 2 is 1.88 bits per heavy atom. The molecule has 6 nitrogen and oxygen atoms in total. The minimum atomic E-state index is -0.536. The third-order valence-corrected chi connectivity index (χ3v) is 5.38. The quantitative estimate of drug-likeness (QED) is 0.843. The molecule has 3 aliphatic heterocycles. The van der Waals surface area contributed by atoms with Crippen LogP contribution in [-0.4, -0.2) is 47.2 Å². The molecule has 2 saturated heterocycles. The molecule has 0 spiro atoms. The maximum absolute atomic E-state index is 12.4. The average molecular weight is 352 g/mol. The summed E-state index contributed by atoms with van der Waals surface area (Å²) in [6.45, 7) is 0.264. The number of imide groups is 1. The number of amides is 3. The Bertz CT molecular complexity index is 640. The van der Waals surface area contributed by atoms with Gasteiger partial charge in [0.25, 0.3) is 0 Å². The number of nitrogens with zero attached hydrogens (tertiary/aromatic N) is 2. The standard InChI is InChI=1S/C17H21N3O3.ClH/c1-19-12-6-7-13(19)9-14(8-12)23-17(22)20-10-11-4-2-3-5-15(11)18-16(20)21;/h2-5,12-14H,6-10H2,1H3,(H,18,21);1H. The average Bonchev–Trinajstić information content (AvgIpc) is 2.75. The van der Waals surface area contributed by atoms with Crippen molar-refractivity contribution in [2.75, 3.05) is 12.4 Å². The fourth-order valence-electron chi connectivity index (χ4n) is 4.02. The van der Waals surface area contributed by atoms with Crippen molar-refractivity contribution in [3.8, 4) is 0 Å². The maximum Gasteiger partial charge on any atom is 0.418 e. The summed E-state index contributed by atoms with van der Waals surface area (Å²) in [6, 6.07) is 8.10. The number of anilines is 1. The third-order valence-electron chi connectivity index (χ3n) is 5.38. The van der Waals surface area contributed by atoms with Crippen molar-refractivity contribution in [2.24, 2.45) is 0 Å². The summed E-state index contributed by atoms with van der Waals surface area (Å²) < 4.78 is 5.64. The van der Waals surface area contributed by atoms with Gasteiger partial charge in [-0.25, -0.2) is 14.5 Å².